The van der Waals surface area contributed by atoms with Gasteiger partial charge in [-0.1, -0.05) is 6.58 Å². The van der Waals surface area contributed by atoms with Gasteiger partial charge in [0, 0.05) is 12.5 Å². The molecule has 2 rings (SSSR count). The van der Waals surface area contributed by atoms with Crippen LogP contribution in [0.25, 0.3) is 0 Å². The van der Waals surface area contributed by atoms with Crippen LogP contribution in [-0.2, 0) is 33.8 Å². The van der Waals surface area contributed by atoms with Crippen molar-refractivity contribution in [1.82, 2.24) is 4.90 Å². The van der Waals surface area contributed by atoms with E-state index in [1.165, 1.54) is 0 Å². The third-order valence-electron chi connectivity index (χ3n) is 3.35. The average Bonchev–Trinajstić information content (AvgIpc) is 2.45. The summed E-state index contributed by atoms with van der Waals surface area (Å²) in [5.41, 5.74) is -2.04. The van der Waals surface area contributed by atoms with Gasteiger partial charge in [0.15, 0.2) is 5.37 Å². The highest BCUT2D eigenvalue weighted by atomic mass is 32.2. The van der Waals surface area contributed by atoms with Crippen molar-refractivity contribution < 1.29 is 42.5 Å². The molecule has 128 valence electrons. The van der Waals surface area contributed by atoms with E-state index < -0.39 is 67.4 Å². The lowest BCUT2D eigenvalue weighted by atomic mass is 10.0. The van der Waals surface area contributed by atoms with E-state index in [9.17, 15) is 37.8 Å². The number of esters is 1. The van der Waals surface area contributed by atoms with Crippen LogP contribution in [0, 0.1) is 0 Å². The maximum absolute atomic E-state index is 12.4. The van der Waals surface area contributed by atoms with E-state index in [4.69, 9.17) is 0 Å². The molecule has 0 radical (unpaired) electrons. The summed E-state index contributed by atoms with van der Waals surface area (Å²) in [7, 11) is -4.38. The average molecular weight is 355 g/mol. The molecule has 2 aliphatic heterocycles. The second-order valence-electron chi connectivity index (χ2n) is 4.81. The molecule has 0 bridgehead atoms. The Hall–Kier alpha value is -2.95. The maximum atomic E-state index is 12.4. The summed E-state index contributed by atoms with van der Waals surface area (Å²) in [6.45, 7) is 3.51. The SMILES string of the molecule is C=C1C(COC(C)=O)=C(C(=O)[O-])N2C(=O)/C(=C/C(=O)[O-])[C@H]2S1(=O)=O. The van der Waals surface area contributed by atoms with Gasteiger partial charge in [0.1, 0.15) is 6.61 Å². The molecule has 24 heavy (non-hydrogen) atoms. The van der Waals surface area contributed by atoms with E-state index in [2.05, 4.69) is 11.3 Å². The zero-order valence-electron chi connectivity index (χ0n) is 12.1. The number of carboxylic acids is 2. The molecule has 0 spiro atoms. The molecule has 1 amide bonds. The number of rotatable bonds is 4. The molecule has 11 heteroatoms. The van der Waals surface area contributed by atoms with Gasteiger partial charge in [-0.15, -0.1) is 0 Å². The van der Waals surface area contributed by atoms with Crippen molar-refractivity contribution >= 4 is 33.7 Å². The molecule has 0 aliphatic carbocycles. The van der Waals surface area contributed by atoms with Crippen molar-refractivity contribution in [1.29, 1.82) is 0 Å². The molecular weight excluding hydrogens is 346 g/mol. The second-order valence-corrected chi connectivity index (χ2v) is 6.84. The zero-order chi connectivity index (χ0) is 18.4. The van der Waals surface area contributed by atoms with Gasteiger partial charge in [-0.3, -0.25) is 14.5 Å². The zero-order valence-corrected chi connectivity index (χ0v) is 12.9. The molecule has 2 aliphatic rings. The Bertz CT molecular complexity index is 862. The van der Waals surface area contributed by atoms with Gasteiger partial charge in [0.2, 0.25) is 9.84 Å². The number of carbonyl (C=O) groups is 4. The lowest BCUT2D eigenvalue weighted by molar-refractivity contribution is -0.301. The topological polar surface area (TPSA) is 161 Å². The van der Waals surface area contributed by atoms with Crippen LogP contribution in [0.1, 0.15) is 6.92 Å². The fourth-order valence-electron chi connectivity index (χ4n) is 2.34. The highest BCUT2D eigenvalue weighted by Gasteiger charge is 2.56. The van der Waals surface area contributed by atoms with Crippen LogP contribution in [0.3, 0.4) is 0 Å². The predicted molar refractivity (Wildman–Crippen MR) is 70.4 cm³/mol. The van der Waals surface area contributed by atoms with Crippen LogP contribution in [0.15, 0.2) is 34.4 Å². The molecule has 0 aromatic carbocycles. The molecule has 0 N–H and O–H groups in total. The molecule has 1 atom stereocenters. The predicted octanol–water partition coefficient (Wildman–Crippen LogP) is -3.66. The van der Waals surface area contributed by atoms with Gasteiger partial charge in [0.25, 0.3) is 5.91 Å². The Morgan fingerprint density at radius 2 is 1.92 bits per heavy atom. The Morgan fingerprint density at radius 3 is 2.38 bits per heavy atom. The molecule has 0 saturated carbocycles. The first-order chi connectivity index (χ1) is 11.0. The van der Waals surface area contributed by atoms with Crippen molar-refractivity contribution in [3.8, 4) is 0 Å². The van der Waals surface area contributed by atoms with Gasteiger partial charge in [0.05, 0.1) is 28.1 Å². The number of carboxylic acid groups (broad SMARTS) is 2. The van der Waals surface area contributed by atoms with Crippen molar-refractivity contribution in [2.24, 2.45) is 0 Å². The van der Waals surface area contributed by atoms with Crippen molar-refractivity contribution in [2.45, 2.75) is 12.3 Å². The van der Waals surface area contributed by atoms with E-state index in [1.54, 1.807) is 0 Å². The summed E-state index contributed by atoms with van der Waals surface area (Å²) in [6.07, 6.45) is 0.276. The standard InChI is InChI=1S/C13H11NO9S/c1-5-8(4-23-6(2)15)10(13(19)20)14-11(18)7(3-9(16)17)12(14)24(5,21)22/h3,12H,1,4H2,2H3,(H,16,17)(H,19,20)/p-2/b7-3-/t12-/m1/s1. The summed E-state index contributed by atoms with van der Waals surface area (Å²) in [5, 5.41) is 20.1. The van der Waals surface area contributed by atoms with E-state index in [-0.39, 0.29) is 6.08 Å². The van der Waals surface area contributed by atoms with E-state index in [0.717, 1.165) is 6.92 Å². The number of sulfone groups is 1. The number of hydrogen-bond acceptors (Lipinski definition) is 9. The summed E-state index contributed by atoms with van der Waals surface area (Å²) < 4.78 is 29.4. The lowest BCUT2D eigenvalue weighted by Gasteiger charge is -2.47. The van der Waals surface area contributed by atoms with Crippen molar-refractivity contribution in [2.75, 3.05) is 6.61 Å². The Kier molecular flexibility index (Phi) is 4.06. The molecule has 0 unspecified atom stereocenters. The first-order valence-electron chi connectivity index (χ1n) is 6.27. The van der Waals surface area contributed by atoms with Crippen LogP contribution in [-0.4, -0.2) is 49.1 Å². The van der Waals surface area contributed by atoms with Crippen molar-refractivity contribution in [3.05, 3.63) is 34.4 Å². The third kappa shape index (κ3) is 2.48. The normalized spacial score (nSPS) is 23.6. The molecule has 10 nitrogen and oxygen atoms in total. The summed E-state index contributed by atoms with van der Waals surface area (Å²) in [4.78, 5) is 44.4. The summed E-state index contributed by atoms with van der Waals surface area (Å²) in [6, 6.07) is 0. The number of hydrogen-bond donors (Lipinski definition) is 0. The highest BCUT2D eigenvalue weighted by molar-refractivity contribution is 7.96. The van der Waals surface area contributed by atoms with Crippen LogP contribution < -0.4 is 10.2 Å². The van der Waals surface area contributed by atoms with E-state index in [0.29, 0.717) is 4.90 Å². The second kappa shape index (κ2) is 5.60. The van der Waals surface area contributed by atoms with E-state index >= 15 is 0 Å². The molecule has 0 aromatic heterocycles. The molecule has 1 fully saturated rings. The minimum atomic E-state index is -4.38. The number of β-lactam (4-membered cyclic amide) rings is 1. The minimum Gasteiger partial charge on any atom is -0.545 e. The molecular formula is C13H9NO9S-2. The van der Waals surface area contributed by atoms with Crippen LogP contribution in [0.4, 0.5) is 0 Å². The number of aliphatic carboxylic acids is 2. The lowest BCUT2D eigenvalue weighted by Crippen LogP contribution is -2.63. The number of nitrogens with zero attached hydrogens (tertiary/aromatic N) is 1. The highest BCUT2D eigenvalue weighted by Crippen LogP contribution is 2.43. The smallest absolute Gasteiger partial charge is 0.302 e. The van der Waals surface area contributed by atoms with Crippen LogP contribution >= 0.6 is 0 Å². The summed E-state index contributed by atoms with van der Waals surface area (Å²) >= 11 is 0. The van der Waals surface area contributed by atoms with Crippen molar-refractivity contribution in [3.63, 3.8) is 0 Å². The third-order valence-corrected chi connectivity index (χ3v) is 5.34. The van der Waals surface area contributed by atoms with Crippen LogP contribution in [0.2, 0.25) is 0 Å². The number of fused-ring (bicyclic) bond motifs is 1. The van der Waals surface area contributed by atoms with Gasteiger partial charge < -0.3 is 24.5 Å². The number of ether oxygens (including phenoxy) is 1. The maximum Gasteiger partial charge on any atom is 0.302 e. The fraction of sp³-hybridized carbons (Fsp3) is 0.231. The monoisotopic (exact) mass is 355 g/mol. The van der Waals surface area contributed by atoms with E-state index in [1.807, 2.05) is 0 Å². The minimum absolute atomic E-state index is 0.276. The van der Waals surface area contributed by atoms with Gasteiger partial charge in [-0.25, -0.2) is 8.42 Å². The molecule has 2 heterocycles. The van der Waals surface area contributed by atoms with Gasteiger partial charge >= 0.3 is 5.97 Å². The van der Waals surface area contributed by atoms with Gasteiger partial charge in [-0.2, -0.15) is 0 Å². The molecule has 1 saturated heterocycles. The number of carbonyl (C=O) groups excluding carboxylic acids is 4. The van der Waals surface area contributed by atoms with Crippen LogP contribution in [0.5, 0.6) is 0 Å². The fourth-order valence-corrected chi connectivity index (χ4v) is 4.09. The Labute approximate surface area is 135 Å². The van der Waals surface area contributed by atoms with Gasteiger partial charge in [-0.05, 0) is 6.08 Å². The largest absolute Gasteiger partial charge is 0.545 e. The summed E-state index contributed by atoms with van der Waals surface area (Å²) in [5.74, 6) is -5.69. The first-order valence-corrected chi connectivity index (χ1v) is 7.82. The Balaban J connectivity index is 2.65. The first kappa shape index (κ1) is 17.4. The quantitative estimate of drug-likeness (QED) is 0.281. The molecule has 0 aromatic rings. The Morgan fingerprint density at radius 1 is 1.33 bits per heavy atom. The number of amides is 1.